The van der Waals surface area contributed by atoms with Gasteiger partial charge >= 0.3 is 0 Å². The van der Waals surface area contributed by atoms with Crippen LogP contribution in [-0.4, -0.2) is 17.1 Å². The van der Waals surface area contributed by atoms with Gasteiger partial charge in [-0.25, -0.2) is 10.4 Å². The third-order valence-electron chi connectivity index (χ3n) is 3.33. The molecule has 0 spiro atoms. The molecule has 0 saturated heterocycles. The number of nitrogens with one attached hydrogen (secondary N) is 1. The summed E-state index contributed by atoms with van der Waals surface area (Å²) in [4.78, 5) is 16.3. The molecule has 1 amide bonds. The van der Waals surface area contributed by atoms with Gasteiger partial charge in [-0.05, 0) is 30.9 Å². The number of carbonyl (C=O) groups excluding carboxylic acids is 1. The third-order valence-corrected chi connectivity index (χ3v) is 3.33. The summed E-state index contributed by atoms with van der Waals surface area (Å²) in [5.41, 5.74) is 3.72. The molecule has 1 heterocycles. The molecule has 0 saturated carbocycles. The smallest absolute Gasteiger partial charge is 0.266 e. The maximum absolute atomic E-state index is 12.0. The van der Waals surface area contributed by atoms with E-state index in [1.807, 2.05) is 30.3 Å². The van der Waals surface area contributed by atoms with E-state index in [0.29, 0.717) is 11.6 Å². The highest BCUT2D eigenvalue weighted by Crippen LogP contribution is 2.11. The van der Waals surface area contributed by atoms with Crippen molar-refractivity contribution in [3.63, 3.8) is 0 Å². The zero-order valence-electron chi connectivity index (χ0n) is 11.8. The van der Waals surface area contributed by atoms with Crippen LogP contribution >= 0.6 is 0 Å². The molecular formula is C16H19N3O. The number of hydrogen-bond donors (Lipinski definition) is 1. The molecule has 0 aliphatic carbocycles. The lowest BCUT2D eigenvalue weighted by atomic mass is 10.1. The Labute approximate surface area is 118 Å². The molecular weight excluding hydrogens is 250 g/mol. The first-order valence-corrected chi connectivity index (χ1v) is 6.94. The first-order chi connectivity index (χ1) is 9.74. The van der Waals surface area contributed by atoms with Gasteiger partial charge in [0.05, 0.1) is 5.52 Å². The predicted octanol–water partition coefficient (Wildman–Crippen LogP) is 3.39. The van der Waals surface area contributed by atoms with Crippen LogP contribution in [0.4, 0.5) is 0 Å². The van der Waals surface area contributed by atoms with Crippen LogP contribution in [0.3, 0.4) is 0 Å². The predicted molar refractivity (Wildman–Crippen MR) is 81.8 cm³/mol. The van der Waals surface area contributed by atoms with Gasteiger partial charge in [-0.3, -0.25) is 4.79 Å². The fourth-order valence-corrected chi connectivity index (χ4v) is 1.95. The minimum Gasteiger partial charge on any atom is -0.266 e. The van der Waals surface area contributed by atoms with Gasteiger partial charge in [0.2, 0.25) is 0 Å². The Bertz CT molecular complexity index is 618. The summed E-state index contributed by atoms with van der Waals surface area (Å²) >= 11 is 0. The summed E-state index contributed by atoms with van der Waals surface area (Å²) in [5.74, 6) is 0.123. The summed E-state index contributed by atoms with van der Waals surface area (Å²) in [6.07, 6.45) is 3.83. The lowest BCUT2D eigenvalue weighted by Crippen LogP contribution is -2.19. The average molecular weight is 269 g/mol. The number of para-hydroxylation sites is 1. The van der Waals surface area contributed by atoms with E-state index in [9.17, 15) is 4.79 Å². The quantitative estimate of drug-likeness (QED) is 0.668. The van der Waals surface area contributed by atoms with Crippen molar-refractivity contribution in [1.82, 2.24) is 10.4 Å². The van der Waals surface area contributed by atoms with Crippen molar-refractivity contribution in [3.05, 3.63) is 42.1 Å². The number of hydrazone groups is 1. The normalized spacial score (nSPS) is 11.3. The number of hydrogen-bond acceptors (Lipinski definition) is 3. The lowest BCUT2D eigenvalue weighted by molar-refractivity contribution is 0.0950. The van der Waals surface area contributed by atoms with Crippen LogP contribution < -0.4 is 5.43 Å². The van der Waals surface area contributed by atoms with Gasteiger partial charge in [-0.2, -0.15) is 5.10 Å². The van der Waals surface area contributed by atoms with Crippen molar-refractivity contribution in [3.8, 4) is 0 Å². The fraction of sp³-hybridized carbons (Fsp3) is 0.312. The highest BCUT2D eigenvalue weighted by molar-refractivity contribution is 5.95. The summed E-state index contributed by atoms with van der Waals surface area (Å²) < 4.78 is 0. The Hall–Kier alpha value is -2.23. The van der Waals surface area contributed by atoms with Crippen LogP contribution in [0.2, 0.25) is 0 Å². The molecule has 0 unspecified atom stereocenters. The molecule has 0 fully saturated rings. The molecule has 0 aliphatic heterocycles. The second-order valence-electron chi connectivity index (χ2n) is 4.68. The lowest BCUT2D eigenvalue weighted by Gasteiger charge is -2.05. The molecule has 4 heteroatoms. The third kappa shape index (κ3) is 3.41. The topological polar surface area (TPSA) is 54.4 Å². The first kappa shape index (κ1) is 14.2. The summed E-state index contributed by atoms with van der Waals surface area (Å²) in [6.45, 7) is 4.21. The van der Waals surface area contributed by atoms with E-state index in [1.165, 1.54) is 0 Å². The Morgan fingerprint density at radius 1 is 1.25 bits per heavy atom. The van der Waals surface area contributed by atoms with E-state index in [0.717, 1.165) is 23.7 Å². The molecule has 2 rings (SSSR count). The first-order valence-electron chi connectivity index (χ1n) is 6.94. The highest BCUT2D eigenvalue weighted by atomic mass is 16.2. The van der Waals surface area contributed by atoms with Crippen LogP contribution in [0.5, 0.6) is 0 Å². The number of fused-ring (bicyclic) bond motifs is 1. The van der Waals surface area contributed by atoms with Crippen molar-refractivity contribution in [2.45, 2.75) is 26.7 Å². The van der Waals surface area contributed by atoms with Gasteiger partial charge in [0.25, 0.3) is 5.91 Å². The number of rotatable bonds is 5. The molecule has 20 heavy (non-hydrogen) atoms. The van der Waals surface area contributed by atoms with Crippen LogP contribution in [0.15, 0.2) is 41.5 Å². The zero-order chi connectivity index (χ0) is 14.4. The van der Waals surface area contributed by atoms with Gasteiger partial charge < -0.3 is 0 Å². The molecule has 4 nitrogen and oxygen atoms in total. The van der Waals surface area contributed by atoms with Crippen LogP contribution in [-0.2, 0) is 0 Å². The van der Waals surface area contributed by atoms with Gasteiger partial charge in [0.15, 0.2) is 0 Å². The minimum absolute atomic E-state index is 0.280. The average Bonchev–Trinajstić information content (AvgIpc) is 2.51. The molecule has 0 bridgehead atoms. The monoisotopic (exact) mass is 269 g/mol. The van der Waals surface area contributed by atoms with Crippen molar-refractivity contribution in [1.29, 1.82) is 0 Å². The summed E-state index contributed by atoms with van der Waals surface area (Å²) in [5, 5.41) is 5.02. The van der Waals surface area contributed by atoms with E-state index in [1.54, 1.807) is 12.3 Å². The number of benzene rings is 1. The Kier molecular flexibility index (Phi) is 4.82. The second kappa shape index (κ2) is 6.80. The second-order valence-corrected chi connectivity index (χ2v) is 4.68. The van der Waals surface area contributed by atoms with Gasteiger partial charge in [-0.1, -0.05) is 38.1 Å². The van der Waals surface area contributed by atoms with E-state index in [2.05, 4.69) is 29.4 Å². The maximum atomic E-state index is 12.0. The molecule has 0 aliphatic rings. The molecule has 1 aromatic carbocycles. The van der Waals surface area contributed by atoms with Crippen molar-refractivity contribution >= 4 is 23.0 Å². The molecule has 104 valence electrons. The SMILES string of the molecule is CCC(/C=N\NC(=O)c1ccc2ccccc2n1)CC. The molecule has 2 aromatic rings. The summed E-state index contributed by atoms with van der Waals surface area (Å²) in [6, 6.07) is 11.3. The Morgan fingerprint density at radius 2 is 2.00 bits per heavy atom. The fourth-order valence-electron chi connectivity index (χ4n) is 1.95. The number of carbonyl (C=O) groups is 1. The molecule has 0 radical (unpaired) electrons. The minimum atomic E-state index is -0.280. The van der Waals surface area contributed by atoms with Crippen LogP contribution in [0.1, 0.15) is 37.2 Å². The standard InChI is InChI=1S/C16H19N3O/c1-3-12(4-2)11-17-19-16(20)15-10-9-13-7-5-6-8-14(13)18-15/h5-12H,3-4H2,1-2H3,(H,19,20)/b17-11-. The van der Waals surface area contributed by atoms with E-state index < -0.39 is 0 Å². The van der Waals surface area contributed by atoms with Crippen molar-refractivity contribution in [2.75, 3.05) is 0 Å². The zero-order valence-corrected chi connectivity index (χ0v) is 11.8. The molecule has 1 aromatic heterocycles. The van der Waals surface area contributed by atoms with Gasteiger partial charge in [-0.15, -0.1) is 0 Å². The number of pyridine rings is 1. The van der Waals surface area contributed by atoms with E-state index in [-0.39, 0.29) is 5.91 Å². The van der Waals surface area contributed by atoms with E-state index in [4.69, 9.17) is 0 Å². The highest BCUT2D eigenvalue weighted by Gasteiger charge is 2.07. The van der Waals surface area contributed by atoms with Crippen LogP contribution in [0.25, 0.3) is 10.9 Å². The molecule has 1 N–H and O–H groups in total. The van der Waals surface area contributed by atoms with Crippen molar-refractivity contribution in [2.24, 2.45) is 11.0 Å². The number of aromatic nitrogens is 1. The largest absolute Gasteiger partial charge is 0.289 e. The maximum Gasteiger partial charge on any atom is 0.289 e. The van der Waals surface area contributed by atoms with Crippen LogP contribution in [0, 0.1) is 5.92 Å². The number of nitrogens with zero attached hydrogens (tertiary/aromatic N) is 2. The summed E-state index contributed by atoms with van der Waals surface area (Å²) in [7, 11) is 0. The molecule has 0 atom stereocenters. The van der Waals surface area contributed by atoms with Crippen molar-refractivity contribution < 1.29 is 4.79 Å². The Balaban J connectivity index is 2.07. The Morgan fingerprint density at radius 3 is 2.75 bits per heavy atom. The van der Waals surface area contributed by atoms with Gasteiger partial charge in [0.1, 0.15) is 5.69 Å². The van der Waals surface area contributed by atoms with E-state index >= 15 is 0 Å². The van der Waals surface area contributed by atoms with Gasteiger partial charge in [0, 0.05) is 11.6 Å². The number of amides is 1.